The number of pyridine rings is 1. The van der Waals surface area contributed by atoms with Crippen molar-refractivity contribution in [3.05, 3.63) is 58.2 Å². The molecule has 5 heteroatoms. The van der Waals surface area contributed by atoms with E-state index in [1.165, 1.54) is 17.3 Å². The van der Waals surface area contributed by atoms with Crippen LogP contribution in [0.15, 0.2) is 36.5 Å². The van der Waals surface area contributed by atoms with Gasteiger partial charge in [0.1, 0.15) is 5.82 Å². The quantitative estimate of drug-likeness (QED) is 0.884. The van der Waals surface area contributed by atoms with E-state index >= 15 is 0 Å². The smallest absolute Gasteiger partial charge is 0.256 e. The first-order valence-corrected chi connectivity index (χ1v) is 6.35. The van der Waals surface area contributed by atoms with Crippen LogP contribution in [0.4, 0.5) is 5.82 Å². The Morgan fingerprint density at radius 2 is 2.05 bits per heavy atom. The Labute approximate surface area is 115 Å². The van der Waals surface area contributed by atoms with Gasteiger partial charge in [-0.3, -0.25) is 4.79 Å². The number of carbonyl (C=O) groups excluding carboxylic acids is 1. The zero-order chi connectivity index (χ0) is 13.2. The molecule has 0 fully saturated rings. The second-order valence-corrected chi connectivity index (χ2v) is 4.84. The van der Waals surface area contributed by atoms with Crippen LogP contribution in [0.1, 0.15) is 21.5 Å². The fourth-order valence-corrected chi connectivity index (χ4v) is 2.19. The van der Waals surface area contributed by atoms with Crippen molar-refractivity contribution in [1.82, 2.24) is 10.3 Å². The number of nitrogens with one attached hydrogen (secondary N) is 2. The summed E-state index contributed by atoms with van der Waals surface area (Å²) in [5, 5.41) is 6.54. The second-order valence-electron chi connectivity index (χ2n) is 4.40. The molecule has 2 N–H and O–H groups in total. The number of hydrogen-bond donors (Lipinski definition) is 2. The van der Waals surface area contributed by atoms with Crippen LogP contribution in [0.3, 0.4) is 0 Å². The van der Waals surface area contributed by atoms with E-state index in [9.17, 15) is 4.79 Å². The van der Waals surface area contributed by atoms with Crippen LogP contribution in [0.2, 0.25) is 5.02 Å². The maximum Gasteiger partial charge on any atom is 0.256 e. The summed E-state index contributed by atoms with van der Waals surface area (Å²) >= 11 is 5.75. The minimum atomic E-state index is -0.162. The van der Waals surface area contributed by atoms with Crippen molar-refractivity contribution < 1.29 is 4.79 Å². The Morgan fingerprint density at radius 1 is 1.21 bits per heavy atom. The maximum absolute atomic E-state index is 12.1. The number of benzene rings is 1. The summed E-state index contributed by atoms with van der Waals surface area (Å²) in [6, 6.07) is 9.10. The average Bonchev–Trinajstić information content (AvgIpc) is 2.88. The van der Waals surface area contributed by atoms with Crippen LogP contribution in [-0.4, -0.2) is 10.9 Å². The number of fused-ring (bicyclic) bond motifs is 1. The summed E-state index contributed by atoms with van der Waals surface area (Å²) < 4.78 is 0. The fourth-order valence-electron chi connectivity index (χ4n) is 2.07. The van der Waals surface area contributed by atoms with Crippen LogP contribution in [0.5, 0.6) is 0 Å². The van der Waals surface area contributed by atoms with E-state index in [-0.39, 0.29) is 5.91 Å². The lowest BCUT2D eigenvalue weighted by Gasteiger charge is -2.06. The van der Waals surface area contributed by atoms with Gasteiger partial charge in [0.25, 0.3) is 5.91 Å². The van der Waals surface area contributed by atoms with Gasteiger partial charge in [0.2, 0.25) is 0 Å². The number of aromatic nitrogens is 1. The highest BCUT2D eigenvalue weighted by Crippen LogP contribution is 2.18. The van der Waals surface area contributed by atoms with Gasteiger partial charge >= 0.3 is 0 Å². The molecular formula is C14H12ClN3O. The molecule has 2 aromatic rings. The number of carbonyl (C=O) groups is 1. The highest BCUT2D eigenvalue weighted by Gasteiger charge is 2.13. The van der Waals surface area contributed by atoms with Crippen LogP contribution in [0, 0.1) is 0 Å². The summed E-state index contributed by atoms with van der Waals surface area (Å²) in [7, 11) is 0. The van der Waals surface area contributed by atoms with Gasteiger partial charge in [-0.15, -0.1) is 0 Å². The summed E-state index contributed by atoms with van der Waals surface area (Å²) in [5.74, 6) is 0.331. The van der Waals surface area contributed by atoms with E-state index < -0.39 is 0 Å². The van der Waals surface area contributed by atoms with E-state index in [2.05, 4.69) is 15.6 Å². The molecule has 0 radical (unpaired) electrons. The molecule has 2 heterocycles. The van der Waals surface area contributed by atoms with Crippen LogP contribution >= 0.6 is 11.6 Å². The van der Waals surface area contributed by atoms with E-state index in [4.69, 9.17) is 11.6 Å². The topological polar surface area (TPSA) is 54.0 Å². The Bertz CT molecular complexity index is 625. The molecule has 0 aliphatic carbocycles. The van der Waals surface area contributed by atoms with E-state index in [0.717, 1.165) is 13.1 Å². The minimum Gasteiger partial charge on any atom is -0.309 e. The Balaban J connectivity index is 1.78. The third kappa shape index (κ3) is 2.59. The van der Waals surface area contributed by atoms with Crippen molar-refractivity contribution in [2.24, 2.45) is 0 Å². The highest BCUT2D eigenvalue weighted by molar-refractivity contribution is 6.30. The monoisotopic (exact) mass is 273 g/mol. The predicted octanol–water partition coefficient (Wildman–Crippen LogP) is 2.59. The summed E-state index contributed by atoms with van der Waals surface area (Å²) in [4.78, 5) is 16.1. The Hall–Kier alpha value is -1.91. The van der Waals surface area contributed by atoms with Crippen LogP contribution < -0.4 is 10.6 Å². The van der Waals surface area contributed by atoms with Gasteiger partial charge in [0.05, 0.1) is 5.02 Å². The first-order valence-electron chi connectivity index (χ1n) is 5.98. The van der Waals surface area contributed by atoms with Crippen molar-refractivity contribution in [3.8, 4) is 0 Å². The Kier molecular flexibility index (Phi) is 3.19. The molecule has 4 nitrogen and oxygen atoms in total. The van der Waals surface area contributed by atoms with Gasteiger partial charge < -0.3 is 10.6 Å². The van der Waals surface area contributed by atoms with Gasteiger partial charge in [-0.05, 0) is 35.4 Å². The molecule has 0 atom stereocenters. The van der Waals surface area contributed by atoms with Gasteiger partial charge in [-0.1, -0.05) is 17.7 Å². The van der Waals surface area contributed by atoms with Crippen molar-refractivity contribution in [1.29, 1.82) is 0 Å². The molecule has 0 saturated carbocycles. The molecule has 96 valence electrons. The first-order chi connectivity index (χ1) is 9.22. The molecule has 1 aliphatic heterocycles. The Morgan fingerprint density at radius 3 is 2.84 bits per heavy atom. The molecule has 1 amide bonds. The largest absolute Gasteiger partial charge is 0.309 e. The normalized spacial score (nSPS) is 13.1. The minimum absolute atomic E-state index is 0.162. The fraction of sp³-hybridized carbons (Fsp3) is 0.143. The molecular weight excluding hydrogens is 262 g/mol. The lowest BCUT2D eigenvalue weighted by atomic mass is 10.1. The summed E-state index contributed by atoms with van der Waals surface area (Å²) in [6.07, 6.45) is 1.50. The molecule has 0 saturated heterocycles. The highest BCUT2D eigenvalue weighted by atomic mass is 35.5. The van der Waals surface area contributed by atoms with Crippen molar-refractivity contribution >= 4 is 23.3 Å². The van der Waals surface area contributed by atoms with Crippen LogP contribution in [-0.2, 0) is 13.1 Å². The lowest BCUT2D eigenvalue weighted by Crippen LogP contribution is -2.13. The van der Waals surface area contributed by atoms with Crippen molar-refractivity contribution in [3.63, 3.8) is 0 Å². The predicted molar refractivity (Wildman–Crippen MR) is 74.2 cm³/mol. The number of anilines is 1. The molecule has 19 heavy (non-hydrogen) atoms. The molecule has 0 spiro atoms. The standard InChI is InChI=1S/C14H12ClN3O/c15-12-3-4-13(17-8-12)18-14(19)9-1-2-10-6-16-7-11(10)5-9/h1-5,8,16H,6-7H2,(H,17,18,19). The molecule has 3 rings (SSSR count). The zero-order valence-electron chi connectivity index (χ0n) is 10.1. The van der Waals surface area contributed by atoms with Gasteiger partial charge in [-0.25, -0.2) is 4.98 Å². The van der Waals surface area contributed by atoms with Gasteiger partial charge in [0.15, 0.2) is 0 Å². The van der Waals surface area contributed by atoms with E-state index in [0.29, 0.717) is 16.4 Å². The zero-order valence-corrected chi connectivity index (χ0v) is 10.9. The van der Waals surface area contributed by atoms with Crippen LogP contribution in [0.25, 0.3) is 0 Å². The number of halogens is 1. The number of hydrogen-bond acceptors (Lipinski definition) is 3. The van der Waals surface area contributed by atoms with E-state index in [1.54, 1.807) is 12.1 Å². The third-order valence-electron chi connectivity index (χ3n) is 3.07. The lowest BCUT2D eigenvalue weighted by molar-refractivity contribution is 0.102. The van der Waals surface area contributed by atoms with Crippen molar-refractivity contribution in [2.45, 2.75) is 13.1 Å². The number of rotatable bonds is 2. The SMILES string of the molecule is O=C(Nc1ccc(Cl)cn1)c1ccc2c(c1)CNC2. The second kappa shape index (κ2) is 4.99. The van der Waals surface area contributed by atoms with Crippen molar-refractivity contribution in [2.75, 3.05) is 5.32 Å². The third-order valence-corrected chi connectivity index (χ3v) is 3.29. The average molecular weight is 274 g/mol. The summed E-state index contributed by atoms with van der Waals surface area (Å²) in [5.41, 5.74) is 3.07. The summed E-state index contributed by atoms with van der Waals surface area (Å²) in [6.45, 7) is 1.69. The van der Waals surface area contributed by atoms with Gasteiger partial charge in [0, 0.05) is 24.8 Å². The maximum atomic E-state index is 12.1. The molecule has 0 unspecified atom stereocenters. The molecule has 1 aliphatic rings. The van der Waals surface area contributed by atoms with Gasteiger partial charge in [-0.2, -0.15) is 0 Å². The number of amides is 1. The number of nitrogens with zero attached hydrogens (tertiary/aromatic N) is 1. The first kappa shape index (κ1) is 12.1. The molecule has 0 bridgehead atoms. The van der Waals surface area contributed by atoms with E-state index in [1.807, 2.05) is 18.2 Å². The molecule has 1 aromatic carbocycles. The molecule has 1 aromatic heterocycles.